The van der Waals surface area contributed by atoms with Gasteiger partial charge in [-0.15, -0.1) is 11.3 Å². The van der Waals surface area contributed by atoms with Gasteiger partial charge >= 0.3 is 11.7 Å². The molecule has 0 saturated heterocycles. The number of benzene rings is 1. The Morgan fingerprint density at radius 2 is 1.84 bits per heavy atom. The number of thiophene rings is 1. The normalized spacial score (nSPS) is 13.4. The van der Waals surface area contributed by atoms with Crippen molar-refractivity contribution in [2.75, 3.05) is 20.0 Å². The third-order valence-corrected chi connectivity index (χ3v) is 12.9. The average Bonchev–Trinajstić information content (AvgIpc) is 3.42. The molecule has 1 aliphatic rings. The fourth-order valence-corrected chi connectivity index (χ4v) is 6.17. The highest BCUT2D eigenvalue weighted by Gasteiger charge is 2.37. The molecular weight excluding hydrogens is 512 g/mol. The first-order chi connectivity index (χ1) is 17.4. The Balaban J connectivity index is 1.81. The van der Waals surface area contributed by atoms with Gasteiger partial charge in [0.15, 0.2) is 19.8 Å². The van der Waals surface area contributed by atoms with E-state index in [1.54, 1.807) is 24.5 Å². The number of fused-ring (bicyclic) bond motifs is 2. The van der Waals surface area contributed by atoms with E-state index in [-0.39, 0.29) is 38.1 Å². The van der Waals surface area contributed by atoms with Gasteiger partial charge in [0.25, 0.3) is 5.56 Å². The molecule has 3 heterocycles. The fraction of sp³-hybridized carbons (Fsp3) is 0.500. The predicted molar refractivity (Wildman–Crippen MR) is 146 cm³/mol. The van der Waals surface area contributed by atoms with Crippen molar-refractivity contribution in [2.24, 2.45) is 0 Å². The van der Waals surface area contributed by atoms with E-state index in [0.717, 1.165) is 16.9 Å². The first kappa shape index (κ1) is 27.1. The zero-order valence-corrected chi connectivity index (χ0v) is 24.2. The SMILES string of the molecule is CCOC(=O)c1sc2c(c1C)c(=O)n(CCO[Si](C)(C)C(C)(C)C)c(=O)n2Cc1ccc2c(c1)OCO2. The highest BCUT2D eigenvalue weighted by Crippen LogP contribution is 2.36. The van der Waals surface area contributed by atoms with Gasteiger partial charge in [-0.05, 0) is 55.2 Å². The molecule has 1 aromatic carbocycles. The molecule has 0 N–H and O–H groups in total. The van der Waals surface area contributed by atoms with Crippen molar-refractivity contribution in [3.05, 3.63) is 55.0 Å². The van der Waals surface area contributed by atoms with E-state index in [0.29, 0.717) is 32.2 Å². The minimum Gasteiger partial charge on any atom is -0.462 e. The summed E-state index contributed by atoms with van der Waals surface area (Å²) in [6, 6.07) is 5.48. The molecule has 37 heavy (non-hydrogen) atoms. The average molecular weight is 547 g/mol. The summed E-state index contributed by atoms with van der Waals surface area (Å²) in [6.07, 6.45) is 0. The number of esters is 1. The van der Waals surface area contributed by atoms with E-state index in [9.17, 15) is 14.4 Å². The summed E-state index contributed by atoms with van der Waals surface area (Å²) in [5.41, 5.74) is 0.441. The van der Waals surface area contributed by atoms with Crippen LogP contribution in [0.2, 0.25) is 18.1 Å². The molecule has 11 heteroatoms. The zero-order chi connectivity index (χ0) is 27.1. The molecule has 200 valence electrons. The van der Waals surface area contributed by atoms with Crippen LogP contribution >= 0.6 is 11.3 Å². The summed E-state index contributed by atoms with van der Waals surface area (Å²) in [6.45, 7) is 15.0. The van der Waals surface area contributed by atoms with Gasteiger partial charge in [0.05, 0.1) is 31.7 Å². The summed E-state index contributed by atoms with van der Waals surface area (Å²) in [4.78, 5) is 40.7. The van der Waals surface area contributed by atoms with Gasteiger partial charge < -0.3 is 18.6 Å². The molecule has 0 saturated carbocycles. The van der Waals surface area contributed by atoms with E-state index in [4.69, 9.17) is 18.6 Å². The van der Waals surface area contributed by atoms with Crippen molar-refractivity contribution in [3.63, 3.8) is 0 Å². The number of rotatable bonds is 8. The molecule has 0 atom stereocenters. The molecular formula is C26H34N2O7SSi. The number of aromatic nitrogens is 2. The lowest BCUT2D eigenvalue weighted by Crippen LogP contribution is -2.44. The largest absolute Gasteiger partial charge is 0.462 e. The lowest BCUT2D eigenvalue weighted by molar-refractivity contribution is 0.0531. The van der Waals surface area contributed by atoms with Crippen molar-refractivity contribution in [3.8, 4) is 11.5 Å². The Hall–Kier alpha value is -2.89. The van der Waals surface area contributed by atoms with Crippen LogP contribution in [-0.2, 0) is 22.3 Å². The standard InChI is InChI=1S/C26H34N2O7SSi/c1-8-32-24(30)21-16(2)20-22(29)27(11-12-35-37(6,7)26(3,4)5)25(31)28(23(20)36-21)14-17-9-10-18-19(13-17)34-15-33-18/h9-10,13H,8,11-12,14-15H2,1-7H3. The van der Waals surface area contributed by atoms with Gasteiger partial charge in [0.1, 0.15) is 9.71 Å². The maximum absolute atomic E-state index is 13.7. The molecule has 1 aliphatic heterocycles. The number of aryl methyl sites for hydroxylation is 1. The Labute approximate surface area is 220 Å². The second-order valence-electron chi connectivity index (χ2n) is 10.6. The van der Waals surface area contributed by atoms with Gasteiger partial charge in [-0.3, -0.25) is 13.9 Å². The maximum atomic E-state index is 13.7. The lowest BCUT2D eigenvalue weighted by Gasteiger charge is -2.36. The molecule has 3 aromatic rings. The third-order valence-electron chi connectivity index (χ3n) is 7.12. The number of carbonyl (C=O) groups excluding carboxylic acids is 1. The zero-order valence-electron chi connectivity index (χ0n) is 22.4. The summed E-state index contributed by atoms with van der Waals surface area (Å²) >= 11 is 1.11. The van der Waals surface area contributed by atoms with Crippen LogP contribution in [0.4, 0.5) is 0 Å². The van der Waals surface area contributed by atoms with Crippen LogP contribution in [0.25, 0.3) is 10.2 Å². The number of hydrogen-bond donors (Lipinski definition) is 0. The topological polar surface area (TPSA) is 98.0 Å². The Morgan fingerprint density at radius 1 is 1.14 bits per heavy atom. The van der Waals surface area contributed by atoms with Crippen LogP contribution in [0, 0.1) is 6.92 Å². The molecule has 0 unspecified atom stereocenters. The molecule has 2 aromatic heterocycles. The van der Waals surface area contributed by atoms with Crippen molar-refractivity contribution in [1.29, 1.82) is 0 Å². The van der Waals surface area contributed by atoms with E-state index >= 15 is 0 Å². The number of carbonyl (C=O) groups is 1. The second-order valence-corrected chi connectivity index (χ2v) is 16.4. The first-order valence-corrected chi connectivity index (χ1v) is 16.0. The fourth-order valence-electron chi connectivity index (χ4n) is 3.95. The van der Waals surface area contributed by atoms with E-state index in [1.807, 2.05) is 12.1 Å². The van der Waals surface area contributed by atoms with Crippen molar-refractivity contribution < 1.29 is 23.4 Å². The van der Waals surface area contributed by atoms with Crippen molar-refractivity contribution >= 4 is 35.8 Å². The summed E-state index contributed by atoms with van der Waals surface area (Å²) in [5, 5.41) is 0.348. The van der Waals surface area contributed by atoms with E-state index in [1.165, 1.54) is 4.57 Å². The van der Waals surface area contributed by atoms with Gasteiger partial charge in [0, 0.05) is 0 Å². The maximum Gasteiger partial charge on any atom is 0.348 e. The Bertz CT molecular complexity index is 1460. The number of hydrogen-bond acceptors (Lipinski definition) is 8. The summed E-state index contributed by atoms with van der Waals surface area (Å²) < 4.78 is 25.1. The first-order valence-electron chi connectivity index (χ1n) is 12.3. The van der Waals surface area contributed by atoms with Crippen molar-refractivity contribution in [2.45, 2.75) is 65.8 Å². The summed E-state index contributed by atoms with van der Waals surface area (Å²) in [5.74, 6) is 0.744. The van der Waals surface area contributed by atoms with Crippen LogP contribution in [-0.4, -0.2) is 43.4 Å². The third kappa shape index (κ3) is 5.12. The van der Waals surface area contributed by atoms with Gasteiger partial charge in [-0.2, -0.15) is 0 Å². The second kappa shape index (κ2) is 10.1. The number of nitrogens with zero attached hydrogens (tertiary/aromatic N) is 2. The predicted octanol–water partition coefficient (Wildman–Crippen LogP) is 4.51. The molecule has 0 aliphatic carbocycles. The van der Waals surface area contributed by atoms with Gasteiger partial charge in [-0.25, -0.2) is 9.59 Å². The molecule has 4 rings (SSSR count). The van der Waals surface area contributed by atoms with Crippen LogP contribution in [0.1, 0.15) is 48.5 Å². The van der Waals surface area contributed by atoms with Crippen LogP contribution in [0.15, 0.2) is 27.8 Å². The highest BCUT2D eigenvalue weighted by atomic mass is 32.1. The van der Waals surface area contributed by atoms with E-state index < -0.39 is 25.5 Å². The quantitative estimate of drug-likeness (QED) is 0.303. The summed E-state index contributed by atoms with van der Waals surface area (Å²) in [7, 11) is -2.07. The minimum atomic E-state index is -2.07. The van der Waals surface area contributed by atoms with Gasteiger partial charge in [0.2, 0.25) is 6.79 Å². The lowest BCUT2D eigenvalue weighted by atomic mass is 10.2. The Kier molecular flexibility index (Phi) is 7.42. The molecule has 9 nitrogen and oxygen atoms in total. The molecule has 0 amide bonds. The van der Waals surface area contributed by atoms with Crippen molar-refractivity contribution in [1.82, 2.24) is 9.13 Å². The molecule has 0 fully saturated rings. The van der Waals surface area contributed by atoms with E-state index in [2.05, 4.69) is 33.9 Å². The molecule has 0 radical (unpaired) electrons. The van der Waals surface area contributed by atoms with Crippen LogP contribution in [0.3, 0.4) is 0 Å². The Morgan fingerprint density at radius 3 is 2.51 bits per heavy atom. The van der Waals surface area contributed by atoms with Crippen LogP contribution in [0.5, 0.6) is 11.5 Å². The molecule has 0 bridgehead atoms. The minimum absolute atomic E-state index is 0.0000384. The number of ether oxygens (including phenoxy) is 3. The molecule has 0 spiro atoms. The smallest absolute Gasteiger partial charge is 0.348 e. The highest BCUT2D eigenvalue weighted by molar-refractivity contribution is 7.20. The van der Waals surface area contributed by atoms with Gasteiger partial charge in [-0.1, -0.05) is 26.8 Å². The monoisotopic (exact) mass is 546 g/mol. The van der Waals surface area contributed by atoms with Crippen LogP contribution < -0.4 is 20.7 Å².